The van der Waals surface area contributed by atoms with Gasteiger partial charge >= 0.3 is 0 Å². The number of para-hydroxylation sites is 1. The van der Waals surface area contributed by atoms with E-state index in [9.17, 15) is 9.18 Å². The molecule has 2 aromatic carbocycles. The van der Waals surface area contributed by atoms with Crippen molar-refractivity contribution in [1.29, 1.82) is 0 Å². The normalized spacial score (nSPS) is 18.9. The van der Waals surface area contributed by atoms with Crippen molar-refractivity contribution in [3.63, 3.8) is 0 Å². The Morgan fingerprint density at radius 3 is 2.70 bits per heavy atom. The molecule has 0 spiro atoms. The number of hydrogen-bond acceptors (Lipinski definition) is 4. The van der Waals surface area contributed by atoms with Gasteiger partial charge < -0.3 is 15.0 Å². The summed E-state index contributed by atoms with van der Waals surface area (Å²) in [6, 6.07) is 15.9. The van der Waals surface area contributed by atoms with Crippen LogP contribution >= 0.6 is 0 Å². The summed E-state index contributed by atoms with van der Waals surface area (Å²) in [6.07, 6.45) is 3.08. The minimum atomic E-state index is -0.471. The summed E-state index contributed by atoms with van der Waals surface area (Å²) in [5, 5.41) is 2.99. The first-order valence-electron chi connectivity index (χ1n) is 10.9. The molecule has 1 saturated heterocycles. The Bertz CT molecular complexity index is 852. The van der Waals surface area contributed by atoms with E-state index in [1.807, 2.05) is 36.4 Å². The quantitative estimate of drug-likeness (QED) is 0.632. The van der Waals surface area contributed by atoms with Gasteiger partial charge in [0.1, 0.15) is 19.0 Å². The molecule has 1 N–H and O–H groups in total. The van der Waals surface area contributed by atoms with Crippen LogP contribution in [0.2, 0.25) is 0 Å². The average Bonchev–Trinajstić information content (AvgIpc) is 3.11. The maximum Gasteiger partial charge on any atom is 0.232 e. The van der Waals surface area contributed by atoms with E-state index >= 15 is 0 Å². The van der Waals surface area contributed by atoms with Crippen LogP contribution in [-0.2, 0) is 4.79 Å². The molecule has 0 saturated carbocycles. The van der Waals surface area contributed by atoms with Crippen molar-refractivity contribution in [2.45, 2.75) is 25.2 Å². The predicted molar refractivity (Wildman–Crippen MR) is 118 cm³/mol. The summed E-state index contributed by atoms with van der Waals surface area (Å²) in [6.45, 7) is 4.72. The number of ether oxygens (including phenoxy) is 1. The highest BCUT2D eigenvalue weighted by molar-refractivity contribution is 6.02. The first kappa shape index (κ1) is 20.7. The molecule has 0 radical (unpaired) electrons. The molecule has 30 heavy (non-hydrogen) atoms. The van der Waals surface area contributed by atoms with Crippen LogP contribution in [0.5, 0.6) is 5.75 Å². The zero-order valence-corrected chi connectivity index (χ0v) is 17.4. The molecule has 2 aliphatic rings. The number of unbranched alkanes of at least 4 members (excludes halogenated alkanes) is 1. The van der Waals surface area contributed by atoms with Gasteiger partial charge in [0.2, 0.25) is 5.91 Å². The second-order valence-corrected chi connectivity index (χ2v) is 7.99. The lowest BCUT2D eigenvalue weighted by Gasteiger charge is -2.36. The van der Waals surface area contributed by atoms with Gasteiger partial charge in [-0.2, -0.15) is 0 Å². The third kappa shape index (κ3) is 4.93. The molecule has 5 nitrogen and oxygen atoms in total. The molecule has 1 amide bonds. The van der Waals surface area contributed by atoms with E-state index in [0.29, 0.717) is 0 Å². The number of nitrogens with one attached hydrogen (secondary N) is 1. The number of fused-ring (bicyclic) bond motifs is 1. The monoisotopic (exact) mass is 411 g/mol. The standard InChI is InChI=1S/C24H30FN3O2/c25-11-17-30-20-7-5-6-19(18-20)28-15-13-27(14-16-28)12-4-3-9-22-21-8-1-2-10-23(21)26-24(22)29/h1-2,5-8,10,18,22H,3-4,9,11-17H2,(H,26,29). The molecule has 0 bridgehead atoms. The zero-order valence-electron chi connectivity index (χ0n) is 17.4. The van der Waals surface area contributed by atoms with Crippen molar-refractivity contribution in [1.82, 2.24) is 4.90 Å². The summed E-state index contributed by atoms with van der Waals surface area (Å²) in [5.41, 5.74) is 3.26. The highest BCUT2D eigenvalue weighted by Gasteiger charge is 2.29. The fourth-order valence-corrected chi connectivity index (χ4v) is 4.40. The largest absolute Gasteiger partial charge is 0.491 e. The lowest BCUT2D eigenvalue weighted by atomic mass is 9.95. The molecule has 1 atom stereocenters. The van der Waals surface area contributed by atoms with Crippen LogP contribution in [0.25, 0.3) is 0 Å². The molecular weight excluding hydrogens is 381 g/mol. The van der Waals surface area contributed by atoms with Crippen molar-refractivity contribution in [2.24, 2.45) is 0 Å². The van der Waals surface area contributed by atoms with Gasteiger partial charge in [0.25, 0.3) is 0 Å². The number of carbonyl (C=O) groups excluding carboxylic acids is 1. The number of anilines is 2. The number of nitrogens with zero attached hydrogens (tertiary/aromatic N) is 2. The number of alkyl halides is 1. The van der Waals surface area contributed by atoms with E-state index in [-0.39, 0.29) is 18.4 Å². The summed E-state index contributed by atoms with van der Waals surface area (Å²) in [7, 11) is 0. The number of hydrogen-bond donors (Lipinski definition) is 1. The van der Waals surface area contributed by atoms with E-state index < -0.39 is 6.67 Å². The lowest BCUT2D eigenvalue weighted by molar-refractivity contribution is -0.117. The highest BCUT2D eigenvalue weighted by atomic mass is 19.1. The smallest absolute Gasteiger partial charge is 0.232 e. The molecule has 1 fully saturated rings. The molecule has 2 aromatic rings. The van der Waals surface area contributed by atoms with E-state index in [0.717, 1.165) is 74.7 Å². The van der Waals surface area contributed by atoms with Gasteiger partial charge in [-0.3, -0.25) is 9.69 Å². The van der Waals surface area contributed by atoms with E-state index in [4.69, 9.17) is 4.74 Å². The van der Waals surface area contributed by atoms with Crippen molar-refractivity contribution in [2.75, 3.05) is 56.2 Å². The third-order valence-electron chi connectivity index (χ3n) is 6.03. The first-order valence-corrected chi connectivity index (χ1v) is 10.9. The van der Waals surface area contributed by atoms with Crippen LogP contribution in [0, 0.1) is 0 Å². The first-order chi connectivity index (χ1) is 14.7. The Balaban J connectivity index is 1.18. The number of carbonyl (C=O) groups is 1. The van der Waals surface area contributed by atoms with Crippen molar-refractivity contribution >= 4 is 17.3 Å². The molecule has 6 heteroatoms. The summed E-state index contributed by atoms with van der Waals surface area (Å²) >= 11 is 0. The van der Waals surface area contributed by atoms with Crippen LogP contribution in [-0.4, -0.2) is 56.8 Å². The second-order valence-electron chi connectivity index (χ2n) is 7.99. The van der Waals surface area contributed by atoms with Gasteiger partial charge in [0, 0.05) is 43.6 Å². The Morgan fingerprint density at radius 2 is 1.87 bits per heavy atom. The van der Waals surface area contributed by atoms with E-state index in [1.165, 1.54) is 0 Å². The van der Waals surface area contributed by atoms with Crippen LogP contribution in [0.1, 0.15) is 30.7 Å². The Kier molecular flexibility index (Phi) is 6.84. The van der Waals surface area contributed by atoms with Crippen LogP contribution in [0.15, 0.2) is 48.5 Å². The lowest BCUT2D eigenvalue weighted by Crippen LogP contribution is -2.46. The number of halogens is 1. The predicted octanol–water partition coefficient (Wildman–Crippen LogP) is 4.06. The van der Waals surface area contributed by atoms with Crippen molar-refractivity contribution in [3.05, 3.63) is 54.1 Å². The van der Waals surface area contributed by atoms with Gasteiger partial charge in [0.15, 0.2) is 0 Å². The number of amides is 1. The molecule has 2 aliphatic heterocycles. The average molecular weight is 412 g/mol. The molecule has 160 valence electrons. The van der Waals surface area contributed by atoms with Gasteiger partial charge in [0.05, 0.1) is 5.92 Å². The maximum absolute atomic E-state index is 12.3. The molecule has 2 heterocycles. The Hall–Kier alpha value is -2.60. The highest BCUT2D eigenvalue weighted by Crippen LogP contribution is 2.35. The number of piperazine rings is 1. The minimum absolute atomic E-state index is 0.00457. The Morgan fingerprint density at radius 1 is 1.03 bits per heavy atom. The van der Waals surface area contributed by atoms with Crippen LogP contribution in [0.4, 0.5) is 15.8 Å². The van der Waals surface area contributed by atoms with E-state index in [1.54, 1.807) is 0 Å². The third-order valence-corrected chi connectivity index (χ3v) is 6.03. The molecular formula is C24H30FN3O2. The summed E-state index contributed by atoms with van der Waals surface area (Å²) in [4.78, 5) is 17.1. The Labute approximate surface area is 177 Å². The van der Waals surface area contributed by atoms with Crippen molar-refractivity contribution in [3.8, 4) is 5.75 Å². The van der Waals surface area contributed by atoms with Gasteiger partial charge in [-0.25, -0.2) is 4.39 Å². The van der Waals surface area contributed by atoms with Crippen LogP contribution < -0.4 is 15.0 Å². The van der Waals surface area contributed by atoms with Crippen LogP contribution in [0.3, 0.4) is 0 Å². The minimum Gasteiger partial charge on any atom is -0.491 e. The summed E-state index contributed by atoms with van der Waals surface area (Å²) in [5.74, 6) is 0.873. The fraction of sp³-hybridized carbons (Fsp3) is 0.458. The number of rotatable bonds is 9. The second kappa shape index (κ2) is 9.94. The molecule has 0 aromatic heterocycles. The SMILES string of the molecule is O=C1Nc2ccccc2C1CCCCN1CCN(c2cccc(OCCF)c2)CC1. The molecule has 4 rings (SSSR count). The van der Waals surface area contributed by atoms with Gasteiger partial charge in [-0.1, -0.05) is 30.7 Å². The maximum atomic E-state index is 12.3. The van der Waals surface area contributed by atoms with E-state index in [2.05, 4.69) is 27.2 Å². The molecule has 0 aliphatic carbocycles. The van der Waals surface area contributed by atoms with Gasteiger partial charge in [-0.05, 0) is 43.1 Å². The topological polar surface area (TPSA) is 44.8 Å². The number of benzene rings is 2. The summed E-state index contributed by atoms with van der Waals surface area (Å²) < 4.78 is 17.7. The fourth-order valence-electron chi connectivity index (χ4n) is 4.40. The van der Waals surface area contributed by atoms with Gasteiger partial charge in [-0.15, -0.1) is 0 Å². The molecule has 1 unspecified atom stereocenters. The van der Waals surface area contributed by atoms with Crippen molar-refractivity contribution < 1.29 is 13.9 Å². The zero-order chi connectivity index (χ0) is 20.8.